The highest BCUT2D eigenvalue weighted by molar-refractivity contribution is 6.62. The number of methoxy groups -OCH3 is 2. The third-order valence-electron chi connectivity index (χ3n) is 5.31. The van der Waals surface area contributed by atoms with E-state index in [1.54, 1.807) is 12.1 Å². The number of benzene rings is 1. The van der Waals surface area contributed by atoms with Gasteiger partial charge in [-0.25, -0.2) is 4.39 Å². The summed E-state index contributed by atoms with van der Waals surface area (Å²) in [6.07, 6.45) is -0.650. The van der Waals surface area contributed by atoms with Gasteiger partial charge in [-0.2, -0.15) is 0 Å². The molecule has 1 heterocycles. The van der Waals surface area contributed by atoms with Gasteiger partial charge < -0.3 is 24.1 Å². The quantitative estimate of drug-likeness (QED) is 0.807. The molecule has 0 spiro atoms. The molecule has 1 amide bonds. The zero-order valence-corrected chi connectivity index (χ0v) is 16.0. The van der Waals surface area contributed by atoms with Crippen LogP contribution in [-0.2, 0) is 9.31 Å². The molecule has 2 fully saturated rings. The molecule has 0 aromatic heterocycles. The van der Waals surface area contributed by atoms with Crippen LogP contribution >= 0.6 is 0 Å². The summed E-state index contributed by atoms with van der Waals surface area (Å²) in [5.41, 5.74) is -0.0647. The normalized spacial score (nSPS) is 25.7. The zero-order chi connectivity index (χ0) is 19.3. The molecule has 0 radical (unpaired) electrons. The Morgan fingerprint density at radius 2 is 1.62 bits per heavy atom. The molecule has 2 aliphatic rings. The number of hydrogen-bond acceptors (Lipinski definition) is 5. The first-order chi connectivity index (χ1) is 12.1. The van der Waals surface area contributed by atoms with Crippen LogP contribution in [0.2, 0.25) is 0 Å². The second kappa shape index (κ2) is 6.42. The zero-order valence-electron chi connectivity index (χ0n) is 16.0. The van der Waals surface area contributed by atoms with Crippen molar-refractivity contribution in [2.24, 2.45) is 0 Å². The van der Waals surface area contributed by atoms with Crippen molar-refractivity contribution in [1.29, 1.82) is 0 Å². The molecule has 1 aromatic rings. The topological polar surface area (TPSA) is 66.0 Å². The van der Waals surface area contributed by atoms with Crippen molar-refractivity contribution in [1.82, 2.24) is 5.32 Å². The fraction of sp³-hybridized carbons (Fsp3) is 0.611. The van der Waals surface area contributed by atoms with Gasteiger partial charge in [0.25, 0.3) is 5.91 Å². The lowest BCUT2D eigenvalue weighted by Gasteiger charge is -2.32. The molecule has 1 aliphatic heterocycles. The average Bonchev–Trinajstić information content (AvgIpc) is 3.20. The number of nitrogens with one attached hydrogen (secondary N) is 1. The van der Waals surface area contributed by atoms with Crippen molar-refractivity contribution in [3.8, 4) is 11.5 Å². The molecule has 0 bridgehead atoms. The second-order valence-electron chi connectivity index (χ2n) is 7.72. The first-order valence-corrected chi connectivity index (χ1v) is 8.66. The van der Waals surface area contributed by atoms with Crippen LogP contribution < -0.4 is 20.3 Å². The largest absolute Gasteiger partial charge is 0.496 e. The minimum atomic E-state index is -0.986. The number of alkyl halides is 1. The first kappa shape index (κ1) is 19.0. The highest BCUT2D eigenvalue weighted by Gasteiger charge is 2.52. The van der Waals surface area contributed by atoms with Gasteiger partial charge in [0.2, 0.25) is 0 Å². The Labute approximate surface area is 153 Å². The van der Waals surface area contributed by atoms with Gasteiger partial charge >= 0.3 is 7.12 Å². The lowest BCUT2D eigenvalue weighted by atomic mass is 9.78. The SMILES string of the molecule is COc1cc(B2OC(C)(C)C(C)(C)O2)cc(OC)c1C(=O)N[C@@H]1C[C@@H]1F. The Morgan fingerprint density at radius 3 is 2.00 bits per heavy atom. The Bertz CT molecular complexity index is 683. The van der Waals surface area contributed by atoms with E-state index in [-0.39, 0.29) is 5.56 Å². The summed E-state index contributed by atoms with van der Waals surface area (Å²) in [4.78, 5) is 12.5. The molecule has 2 atom stereocenters. The molecule has 26 heavy (non-hydrogen) atoms. The second-order valence-corrected chi connectivity index (χ2v) is 7.72. The molecule has 1 saturated heterocycles. The van der Waals surface area contributed by atoms with Gasteiger partial charge in [0.1, 0.15) is 23.2 Å². The minimum absolute atomic E-state index is 0.231. The highest BCUT2D eigenvalue weighted by atomic mass is 19.1. The maximum atomic E-state index is 13.1. The van der Waals surface area contributed by atoms with E-state index >= 15 is 0 Å². The van der Waals surface area contributed by atoms with E-state index in [9.17, 15) is 9.18 Å². The van der Waals surface area contributed by atoms with Crippen LogP contribution in [0.5, 0.6) is 11.5 Å². The summed E-state index contributed by atoms with van der Waals surface area (Å²) in [5.74, 6) is 0.217. The number of amides is 1. The Morgan fingerprint density at radius 1 is 1.15 bits per heavy atom. The molecule has 8 heteroatoms. The van der Waals surface area contributed by atoms with Gasteiger partial charge in [0.05, 0.1) is 31.5 Å². The summed E-state index contributed by atoms with van der Waals surface area (Å²) < 4.78 is 36.0. The van der Waals surface area contributed by atoms with Crippen molar-refractivity contribution < 1.29 is 28.0 Å². The minimum Gasteiger partial charge on any atom is -0.496 e. The summed E-state index contributed by atoms with van der Waals surface area (Å²) >= 11 is 0. The van der Waals surface area contributed by atoms with Gasteiger partial charge in [0, 0.05) is 6.42 Å². The Kier molecular flexibility index (Phi) is 4.69. The molecule has 1 N–H and O–H groups in total. The van der Waals surface area contributed by atoms with Crippen molar-refractivity contribution in [3.05, 3.63) is 17.7 Å². The average molecular weight is 365 g/mol. The molecular weight excluding hydrogens is 340 g/mol. The standard InChI is InChI=1S/C18H25BFNO5/c1-17(2)18(3,4)26-19(25-17)10-7-13(23-5)15(14(8-10)24-6)16(22)21-12-9-11(12)20/h7-8,11-12H,9H2,1-6H3,(H,21,22)/t11-,12+/m0/s1. The van der Waals surface area contributed by atoms with Crippen LogP contribution in [0.3, 0.4) is 0 Å². The molecule has 6 nitrogen and oxygen atoms in total. The van der Waals surface area contributed by atoms with Crippen molar-refractivity contribution in [2.45, 2.75) is 57.5 Å². The van der Waals surface area contributed by atoms with E-state index in [1.807, 2.05) is 27.7 Å². The number of halogens is 1. The number of ether oxygens (including phenoxy) is 2. The van der Waals surface area contributed by atoms with Crippen molar-refractivity contribution >= 4 is 18.5 Å². The van der Waals surface area contributed by atoms with Crippen LogP contribution in [0.4, 0.5) is 4.39 Å². The van der Waals surface area contributed by atoms with Crippen molar-refractivity contribution in [3.63, 3.8) is 0 Å². The van der Waals surface area contributed by atoms with Gasteiger partial charge in [-0.3, -0.25) is 4.79 Å². The molecule has 3 rings (SSSR count). The molecule has 1 aromatic carbocycles. The van der Waals surface area contributed by atoms with Gasteiger partial charge in [0.15, 0.2) is 0 Å². The highest BCUT2D eigenvalue weighted by Crippen LogP contribution is 2.38. The Hall–Kier alpha value is -1.80. The van der Waals surface area contributed by atoms with Gasteiger partial charge in [-0.1, -0.05) is 0 Å². The third-order valence-corrected chi connectivity index (χ3v) is 5.31. The van der Waals surface area contributed by atoms with Gasteiger partial charge in [-0.05, 0) is 45.3 Å². The van der Waals surface area contributed by atoms with Crippen LogP contribution in [0.15, 0.2) is 12.1 Å². The lowest BCUT2D eigenvalue weighted by molar-refractivity contribution is 0.00578. The van der Waals surface area contributed by atoms with E-state index < -0.39 is 36.4 Å². The number of carbonyl (C=O) groups excluding carboxylic acids is 1. The van der Waals surface area contributed by atoms with Crippen LogP contribution in [0.1, 0.15) is 44.5 Å². The maximum absolute atomic E-state index is 13.1. The Balaban J connectivity index is 1.93. The molecule has 1 saturated carbocycles. The first-order valence-electron chi connectivity index (χ1n) is 8.66. The number of rotatable bonds is 5. The van der Waals surface area contributed by atoms with Crippen LogP contribution in [0.25, 0.3) is 0 Å². The summed E-state index contributed by atoms with van der Waals surface area (Å²) in [7, 11) is 2.32. The molecular formula is C18H25BFNO5. The van der Waals surface area contributed by atoms with Crippen LogP contribution in [-0.4, -0.2) is 50.7 Å². The third kappa shape index (κ3) is 3.28. The van der Waals surface area contributed by atoms with E-state index in [1.165, 1.54) is 14.2 Å². The van der Waals surface area contributed by atoms with E-state index in [2.05, 4.69) is 5.32 Å². The fourth-order valence-electron chi connectivity index (χ4n) is 2.83. The predicted octanol–water partition coefficient (Wildman–Crippen LogP) is 1.84. The van der Waals surface area contributed by atoms with E-state index in [0.29, 0.717) is 23.4 Å². The summed E-state index contributed by atoms with van der Waals surface area (Å²) in [6, 6.07) is 2.94. The van der Waals surface area contributed by atoms with Crippen molar-refractivity contribution in [2.75, 3.05) is 14.2 Å². The smallest absolute Gasteiger partial charge is 0.495 e. The summed E-state index contributed by atoms with van der Waals surface area (Å²) in [6.45, 7) is 7.86. The van der Waals surface area contributed by atoms with E-state index in [4.69, 9.17) is 18.8 Å². The number of hydrogen-bond donors (Lipinski definition) is 1. The lowest BCUT2D eigenvalue weighted by Crippen LogP contribution is -2.41. The van der Waals surface area contributed by atoms with Gasteiger partial charge in [-0.15, -0.1) is 0 Å². The predicted molar refractivity (Wildman–Crippen MR) is 96.0 cm³/mol. The van der Waals surface area contributed by atoms with Crippen LogP contribution in [0, 0.1) is 0 Å². The molecule has 1 aliphatic carbocycles. The molecule has 142 valence electrons. The number of carbonyl (C=O) groups is 1. The fourth-order valence-corrected chi connectivity index (χ4v) is 2.83. The molecule has 0 unspecified atom stereocenters. The monoisotopic (exact) mass is 365 g/mol. The maximum Gasteiger partial charge on any atom is 0.495 e. The summed E-state index contributed by atoms with van der Waals surface area (Å²) in [5, 5.41) is 2.65. The van der Waals surface area contributed by atoms with E-state index in [0.717, 1.165) is 0 Å².